The maximum Gasteiger partial charge on any atom is 0.0556 e. The van der Waals surface area contributed by atoms with E-state index in [0.717, 1.165) is 26.1 Å². The molecule has 0 saturated carbocycles. The van der Waals surface area contributed by atoms with Crippen molar-refractivity contribution in [3.63, 3.8) is 0 Å². The van der Waals surface area contributed by atoms with E-state index >= 15 is 0 Å². The van der Waals surface area contributed by atoms with Gasteiger partial charge in [-0.3, -0.25) is 0 Å². The van der Waals surface area contributed by atoms with Gasteiger partial charge in [0.25, 0.3) is 0 Å². The normalized spacial score (nSPS) is 11.1. The van der Waals surface area contributed by atoms with Gasteiger partial charge < -0.3 is 19.9 Å². The molecule has 0 aliphatic rings. The second-order valence-electron chi connectivity index (χ2n) is 2.94. The van der Waals surface area contributed by atoms with Crippen molar-refractivity contribution in [2.24, 2.45) is 0 Å². The van der Waals surface area contributed by atoms with Crippen LogP contribution in [0.4, 0.5) is 0 Å². The number of methoxy groups -OCH3 is 2. The molecule has 0 atom stereocenters. The minimum atomic E-state index is 0.177. The first-order chi connectivity index (χ1) is 6.35. The van der Waals surface area contributed by atoms with Crippen molar-refractivity contribution < 1.29 is 14.6 Å². The molecule has 80 valence electrons. The highest BCUT2D eigenvalue weighted by atomic mass is 16.5. The van der Waals surface area contributed by atoms with Crippen molar-refractivity contribution in [3.05, 3.63) is 0 Å². The molecule has 0 heterocycles. The van der Waals surface area contributed by atoms with Crippen LogP contribution in [0.2, 0.25) is 0 Å². The number of hydrogen-bond acceptors (Lipinski definition) is 4. The number of aliphatic hydroxyl groups excluding tert-OH is 1. The molecule has 0 unspecified atom stereocenters. The molecule has 2 N–H and O–H groups in total. The van der Waals surface area contributed by atoms with Crippen LogP contribution in [-0.4, -0.2) is 51.7 Å². The number of rotatable bonds is 9. The van der Waals surface area contributed by atoms with Crippen molar-refractivity contribution in [2.75, 3.05) is 40.6 Å². The van der Waals surface area contributed by atoms with E-state index in [9.17, 15) is 0 Å². The quantitative estimate of drug-likeness (QED) is 0.539. The van der Waals surface area contributed by atoms with Gasteiger partial charge in [-0.25, -0.2) is 0 Å². The van der Waals surface area contributed by atoms with Crippen LogP contribution in [0.25, 0.3) is 0 Å². The molecule has 0 radical (unpaired) electrons. The van der Waals surface area contributed by atoms with Crippen LogP contribution in [0.3, 0.4) is 0 Å². The molecular formula is C9H21NO3. The lowest BCUT2D eigenvalue weighted by molar-refractivity contribution is 0.153. The number of hydrogen-bond donors (Lipinski definition) is 2. The van der Waals surface area contributed by atoms with Gasteiger partial charge in [0, 0.05) is 40.0 Å². The van der Waals surface area contributed by atoms with Gasteiger partial charge in [0.2, 0.25) is 0 Å². The molecule has 0 amide bonds. The summed E-state index contributed by atoms with van der Waals surface area (Å²) in [5.74, 6) is 0. The fourth-order valence-corrected chi connectivity index (χ4v) is 1.14. The molecule has 4 heteroatoms. The topological polar surface area (TPSA) is 50.7 Å². The van der Waals surface area contributed by atoms with Crippen LogP contribution in [0.1, 0.15) is 12.8 Å². The lowest BCUT2D eigenvalue weighted by Gasteiger charge is -2.17. The zero-order valence-electron chi connectivity index (χ0n) is 8.58. The standard InChI is InChI=1S/C9H21NO3/c1-12-7-3-9(4-8-13-2)10-5-6-11/h9-11H,3-8H2,1-2H3. The van der Waals surface area contributed by atoms with Crippen LogP contribution in [0.15, 0.2) is 0 Å². The molecule has 13 heavy (non-hydrogen) atoms. The molecular weight excluding hydrogens is 170 g/mol. The van der Waals surface area contributed by atoms with E-state index in [4.69, 9.17) is 14.6 Å². The van der Waals surface area contributed by atoms with Gasteiger partial charge in [0.1, 0.15) is 0 Å². The smallest absolute Gasteiger partial charge is 0.0556 e. The van der Waals surface area contributed by atoms with E-state index in [-0.39, 0.29) is 6.61 Å². The summed E-state index contributed by atoms with van der Waals surface area (Å²) in [6, 6.07) is 0.382. The summed E-state index contributed by atoms with van der Waals surface area (Å²) in [5, 5.41) is 11.9. The van der Waals surface area contributed by atoms with E-state index in [1.54, 1.807) is 14.2 Å². The molecule has 4 nitrogen and oxygen atoms in total. The summed E-state index contributed by atoms with van der Waals surface area (Å²) < 4.78 is 9.98. The second-order valence-corrected chi connectivity index (χ2v) is 2.94. The monoisotopic (exact) mass is 191 g/mol. The highest BCUT2D eigenvalue weighted by Crippen LogP contribution is 1.98. The molecule has 0 aromatic heterocycles. The van der Waals surface area contributed by atoms with Gasteiger partial charge in [-0.05, 0) is 12.8 Å². The molecule has 0 aliphatic carbocycles. The van der Waals surface area contributed by atoms with Crippen molar-refractivity contribution in [2.45, 2.75) is 18.9 Å². The first kappa shape index (κ1) is 12.8. The maximum absolute atomic E-state index is 8.64. The first-order valence-electron chi connectivity index (χ1n) is 4.67. The predicted molar refractivity (Wildman–Crippen MR) is 51.9 cm³/mol. The summed E-state index contributed by atoms with van der Waals surface area (Å²) in [7, 11) is 3.39. The Hall–Kier alpha value is -0.160. The second kappa shape index (κ2) is 9.92. The van der Waals surface area contributed by atoms with Crippen molar-refractivity contribution in [1.82, 2.24) is 5.32 Å². The largest absolute Gasteiger partial charge is 0.395 e. The third kappa shape index (κ3) is 8.18. The molecule has 0 bridgehead atoms. The molecule has 0 saturated heterocycles. The Morgan fingerprint density at radius 2 is 1.69 bits per heavy atom. The highest BCUT2D eigenvalue weighted by Gasteiger charge is 2.06. The Balaban J connectivity index is 3.47. The molecule has 0 aliphatic heterocycles. The number of aliphatic hydroxyl groups is 1. The Bertz CT molecular complexity index is 81.8. The lowest BCUT2D eigenvalue weighted by Crippen LogP contribution is -2.33. The zero-order valence-corrected chi connectivity index (χ0v) is 8.58. The lowest BCUT2D eigenvalue weighted by atomic mass is 10.1. The van der Waals surface area contributed by atoms with Crippen LogP contribution in [0.5, 0.6) is 0 Å². The van der Waals surface area contributed by atoms with E-state index in [0.29, 0.717) is 12.6 Å². The van der Waals surface area contributed by atoms with Crippen LogP contribution < -0.4 is 5.32 Å². The van der Waals surface area contributed by atoms with Crippen LogP contribution in [0, 0.1) is 0 Å². The van der Waals surface area contributed by atoms with E-state index in [2.05, 4.69) is 5.32 Å². The SMILES string of the molecule is COCCC(CCOC)NCCO. The Kier molecular flexibility index (Phi) is 9.80. The van der Waals surface area contributed by atoms with Gasteiger partial charge in [-0.2, -0.15) is 0 Å². The third-order valence-electron chi connectivity index (χ3n) is 1.89. The van der Waals surface area contributed by atoms with E-state index < -0.39 is 0 Å². The molecule has 0 spiro atoms. The fraction of sp³-hybridized carbons (Fsp3) is 1.00. The van der Waals surface area contributed by atoms with Crippen LogP contribution in [-0.2, 0) is 9.47 Å². The maximum atomic E-state index is 8.64. The summed E-state index contributed by atoms with van der Waals surface area (Å²) in [6.07, 6.45) is 1.92. The highest BCUT2D eigenvalue weighted by molar-refractivity contribution is 4.65. The molecule has 0 aromatic rings. The summed E-state index contributed by atoms with van der Waals surface area (Å²) in [6.45, 7) is 2.30. The van der Waals surface area contributed by atoms with Gasteiger partial charge >= 0.3 is 0 Å². The average molecular weight is 191 g/mol. The van der Waals surface area contributed by atoms with Gasteiger partial charge in [-0.1, -0.05) is 0 Å². The van der Waals surface area contributed by atoms with Crippen LogP contribution >= 0.6 is 0 Å². The summed E-state index contributed by atoms with van der Waals surface area (Å²) in [4.78, 5) is 0. The number of nitrogens with one attached hydrogen (secondary N) is 1. The fourth-order valence-electron chi connectivity index (χ4n) is 1.14. The first-order valence-corrected chi connectivity index (χ1v) is 4.67. The van der Waals surface area contributed by atoms with Gasteiger partial charge in [0.05, 0.1) is 6.61 Å². The van der Waals surface area contributed by atoms with Gasteiger partial charge in [0.15, 0.2) is 0 Å². The Labute approximate surface area is 80.2 Å². The van der Waals surface area contributed by atoms with Gasteiger partial charge in [-0.15, -0.1) is 0 Å². The predicted octanol–water partition coefficient (Wildman–Crippen LogP) is 0.00990. The van der Waals surface area contributed by atoms with Crippen molar-refractivity contribution in [3.8, 4) is 0 Å². The minimum absolute atomic E-state index is 0.177. The molecule has 0 aromatic carbocycles. The number of ether oxygens (including phenoxy) is 2. The van der Waals surface area contributed by atoms with E-state index in [1.165, 1.54) is 0 Å². The van der Waals surface area contributed by atoms with E-state index in [1.807, 2.05) is 0 Å². The van der Waals surface area contributed by atoms with Crippen molar-refractivity contribution >= 4 is 0 Å². The zero-order chi connectivity index (χ0) is 9.94. The molecule has 0 fully saturated rings. The Morgan fingerprint density at radius 1 is 1.15 bits per heavy atom. The Morgan fingerprint density at radius 3 is 2.08 bits per heavy atom. The van der Waals surface area contributed by atoms with Crippen molar-refractivity contribution in [1.29, 1.82) is 0 Å². The molecule has 0 rings (SSSR count). The summed E-state index contributed by atoms with van der Waals surface area (Å²) >= 11 is 0. The average Bonchev–Trinajstić information content (AvgIpc) is 2.17. The third-order valence-corrected chi connectivity index (χ3v) is 1.89. The minimum Gasteiger partial charge on any atom is -0.395 e. The summed E-state index contributed by atoms with van der Waals surface area (Å²) in [5.41, 5.74) is 0.